The number of carbonyl (C=O) groups is 1. The van der Waals surface area contributed by atoms with Gasteiger partial charge in [0.05, 0.1) is 12.1 Å². The van der Waals surface area contributed by atoms with Crippen molar-refractivity contribution in [3.63, 3.8) is 0 Å². The van der Waals surface area contributed by atoms with Gasteiger partial charge in [-0.05, 0) is 30.9 Å². The molecule has 0 aliphatic carbocycles. The van der Waals surface area contributed by atoms with E-state index in [2.05, 4.69) is 20.2 Å². The number of hydrogen-bond donors (Lipinski definition) is 1. The Labute approximate surface area is 139 Å². The first-order chi connectivity index (χ1) is 11.6. The molecule has 0 bridgehead atoms. The lowest BCUT2D eigenvalue weighted by atomic mass is 9.93. The maximum absolute atomic E-state index is 12.1. The van der Waals surface area contributed by atoms with Crippen LogP contribution in [0.1, 0.15) is 19.3 Å². The van der Waals surface area contributed by atoms with Gasteiger partial charge in [-0.25, -0.2) is 18.7 Å². The molecular formula is C17H20F2N4O. The number of halogens is 2. The van der Waals surface area contributed by atoms with Gasteiger partial charge in [-0.1, -0.05) is 12.1 Å². The lowest BCUT2D eigenvalue weighted by Gasteiger charge is -2.33. The van der Waals surface area contributed by atoms with Crippen LogP contribution in [-0.2, 0) is 4.79 Å². The Bertz CT molecular complexity index is 697. The van der Waals surface area contributed by atoms with Gasteiger partial charge in [-0.15, -0.1) is 0 Å². The monoisotopic (exact) mass is 334 g/mol. The Kier molecular flexibility index (Phi) is 5.17. The van der Waals surface area contributed by atoms with Gasteiger partial charge in [0.25, 0.3) is 6.43 Å². The van der Waals surface area contributed by atoms with Gasteiger partial charge in [0.1, 0.15) is 12.1 Å². The van der Waals surface area contributed by atoms with Gasteiger partial charge in [0.15, 0.2) is 0 Å². The van der Waals surface area contributed by atoms with E-state index >= 15 is 0 Å². The average molecular weight is 334 g/mol. The second kappa shape index (κ2) is 7.51. The number of aromatic nitrogens is 2. The van der Waals surface area contributed by atoms with Crippen molar-refractivity contribution in [1.82, 2.24) is 15.3 Å². The number of piperidine rings is 1. The molecule has 1 N–H and O–H groups in total. The minimum atomic E-state index is -2.50. The average Bonchev–Trinajstić information content (AvgIpc) is 2.60. The van der Waals surface area contributed by atoms with Crippen molar-refractivity contribution >= 4 is 22.6 Å². The summed E-state index contributed by atoms with van der Waals surface area (Å²) in [5.41, 5.74) is 0.913. The van der Waals surface area contributed by atoms with Crippen LogP contribution in [0.15, 0.2) is 30.6 Å². The standard InChI is InChI=1S/C17H20F2N4O/c18-15(19)10-20-16(24)9-12-5-7-23(8-6-12)17-13-3-1-2-4-14(13)21-11-22-17/h1-4,11-12,15H,5-10H2,(H,20,24). The molecule has 24 heavy (non-hydrogen) atoms. The highest BCUT2D eigenvalue weighted by atomic mass is 19.3. The Morgan fingerprint density at radius 2 is 2.00 bits per heavy atom. The summed E-state index contributed by atoms with van der Waals surface area (Å²) in [4.78, 5) is 22.6. The van der Waals surface area contributed by atoms with Crippen LogP contribution in [0.5, 0.6) is 0 Å². The first kappa shape index (κ1) is 16.5. The molecule has 0 spiro atoms. The van der Waals surface area contributed by atoms with Crippen LogP contribution in [0.25, 0.3) is 10.9 Å². The third-order valence-corrected chi connectivity index (χ3v) is 4.36. The van der Waals surface area contributed by atoms with Crippen molar-refractivity contribution in [2.24, 2.45) is 5.92 Å². The number of alkyl halides is 2. The first-order valence-corrected chi connectivity index (χ1v) is 8.13. The van der Waals surface area contributed by atoms with E-state index in [1.54, 1.807) is 6.33 Å². The van der Waals surface area contributed by atoms with Gasteiger partial charge in [0, 0.05) is 24.9 Å². The fourth-order valence-electron chi connectivity index (χ4n) is 3.12. The van der Waals surface area contributed by atoms with E-state index in [4.69, 9.17) is 0 Å². The molecule has 0 radical (unpaired) electrons. The Hall–Kier alpha value is -2.31. The van der Waals surface area contributed by atoms with Crippen LogP contribution in [0.3, 0.4) is 0 Å². The summed E-state index contributed by atoms with van der Waals surface area (Å²) in [6.07, 6.45) is 1.08. The van der Waals surface area contributed by atoms with Crippen molar-refractivity contribution in [2.75, 3.05) is 24.5 Å². The lowest BCUT2D eigenvalue weighted by molar-refractivity contribution is -0.122. The van der Waals surface area contributed by atoms with E-state index in [0.717, 1.165) is 42.7 Å². The van der Waals surface area contributed by atoms with Crippen molar-refractivity contribution in [2.45, 2.75) is 25.7 Å². The molecule has 0 atom stereocenters. The highest BCUT2D eigenvalue weighted by Gasteiger charge is 2.23. The van der Waals surface area contributed by atoms with Gasteiger partial charge in [-0.2, -0.15) is 0 Å². The van der Waals surface area contributed by atoms with Crippen molar-refractivity contribution in [3.05, 3.63) is 30.6 Å². The molecule has 0 saturated carbocycles. The van der Waals surface area contributed by atoms with Crippen LogP contribution in [-0.4, -0.2) is 41.9 Å². The fourth-order valence-corrected chi connectivity index (χ4v) is 3.12. The molecule has 2 aromatic rings. The molecule has 1 amide bonds. The van der Waals surface area contributed by atoms with Crippen molar-refractivity contribution in [3.8, 4) is 0 Å². The Morgan fingerprint density at radius 1 is 1.25 bits per heavy atom. The number of rotatable bonds is 5. The number of carbonyl (C=O) groups excluding carboxylic acids is 1. The number of anilines is 1. The van der Waals surface area contributed by atoms with Gasteiger partial charge < -0.3 is 10.2 Å². The molecule has 2 heterocycles. The largest absolute Gasteiger partial charge is 0.356 e. The number of para-hydroxylation sites is 1. The molecule has 7 heteroatoms. The van der Waals surface area contributed by atoms with Crippen LogP contribution in [0.2, 0.25) is 0 Å². The molecule has 1 aliphatic heterocycles. The smallest absolute Gasteiger partial charge is 0.255 e. The van der Waals surface area contributed by atoms with E-state index in [1.807, 2.05) is 24.3 Å². The molecule has 1 aliphatic rings. The maximum atomic E-state index is 12.1. The van der Waals surface area contributed by atoms with Crippen LogP contribution in [0, 0.1) is 5.92 Å². The van der Waals surface area contributed by atoms with Crippen molar-refractivity contribution < 1.29 is 13.6 Å². The summed E-state index contributed by atoms with van der Waals surface area (Å²) >= 11 is 0. The molecule has 3 rings (SSSR count). The van der Waals surface area contributed by atoms with E-state index < -0.39 is 13.0 Å². The third kappa shape index (κ3) is 3.96. The highest BCUT2D eigenvalue weighted by molar-refractivity contribution is 5.89. The topological polar surface area (TPSA) is 58.1 Å². The SMILES string of the molecule is O=C(CC1CCN(c2ncnc3ccccc23)CC1)NCC(F)F. The summed E-state index contributed by atoms with van der Waals surface area (Å²) < 4.78 is 24.2. The zero-order valence-electron chi connectivity index (χ0n) is 13.3. The van der Waals surface area contributed by atoms with Gasteiger partial charge in [-0.3, -0.25) is 4.79 Å². The fraction of sp³-hybridized carbons (Fsp3) is 0.471. The quantitative estimate of drug-likeness (QED) is 0.913. The normalized spacial score (nSPS) is 15.9. The summed E-state index contributed by atoms with van der Waals surface area (Å²) in [5.74, 6) is 0.856. The first-order valence-electron chi connectivity index (χ1n) is 8.13. The Morgan fingerprint density at radius 3 is 2.75 bits per heavy atom. The number of nitrogens with zero attached hydrogens (tertiary/aromatic N) is 3. The van der Waals surface area contributed by atoms with Gasteiger partial charge in [0.2, 0.25) is 5.91 Å². The second-order valence-electron chi connectivity index (χ2n) is 6.04. The second-order valence-corrected chi connectivity index (χ2v) is 6.04. The predicted octanol–water partition coefficient (Wildman–Crippen LogP) is 2.62. The minimum Gasteiger partial charge on any atom is -0.356 e. The van der Waals surface area contributed by atoms with Crippen LogP contribution >= 0.6 is 0 Å². The van der Waals surface area contributed by atoms with E-state index in [0.29, 0.717) is 6.42 Å². The number of amides is 1. The number of benzene rings is 1. The van der Waals surface area contributed by atoms with Crippen LogP contribution in [0.4, 0.5) is 14.6 Å². The minimum absolute atomic E-state index is 0.229. The number of fused-ring (bicyclic) bond motifs is 1. The number of nitrogens with one attached hydrogen (secondary N) is 1. The van der Waals surface area contributed by atoms with Gasteiger partial charge >= 0.3 is 0 Å². The molecule has 1 aromatic heterocycles. The molecular weight excluding hydrogens is 314 g/mol. The molecule has 1 saturated heterocycles. The zero-order valence-corrected chi connectivity index (χ0v) is 13.3. The predicted molar refractivity (Wildman–Crippen MR) is 88.1 cm³/mol. The summed E-state index contributed by atoms with van der Waals surface area (Å²) in [6, 6.07) is 7.88. The van der Waals surface area contributed by atoms with E-state index in [9.17, 15) is 13.6 Å². The lowest BCUT2D eigenvalue weighted by Crippen LogP contribution is -2.37. The summed E-state index contributed by atoms with van der Waals surface area (Å²) in [6.45, 7) is 1.03. The molecule has 5 nitrogen and oxygen atoms in total. The van der Waals surface area contributed by atoms with E-state index in [1.165, 1.54) is 0 Å². The molecule has 0 unspecified atom stereocenters. The maximum Gasteiger partial charge on any atom is 0.255 e. The zero-order chi connectivity index (χ0) is 16.9. The van der Waals surface area contributed by atoms with Crippen LogP contribution < -0.4 is 10.2 Å². The molecule has 128 valence electrons. The van der Waals surface area contributed by atoms with E-state index in [-0.39, 0.29) is 11.8 Å². The Balaban J connectivity index is 1.58. The van der Waals surface area contributed by atoms with Crippen molar-refractivity contribution in [1.29, 1.82) is 0 Å². The third-order valence-electron chi connectivity index (χ3n) is 4.36. The summed E-state index contributed by atoms with van der Waals surface area (Å²) in [5, 5.41) is 3.29. The highest BCUT2D eigenvalue weighted by Crippen LogP contribution is 2.28. The molecule has 1 fully saturated rings. The summed E-state index contributed by atoms with van der Waals surface area (Å²) in [7, 11) is 0. The molecule has 1 aromatic carbocycles. The number of hydrogen-bond acceptors (Lipinski definition) is 4.